The number of nitrogens with zero attached hydrogens (tertiary/aromatic N) is 1. The molecule has 0 radical (unpaired) electrons. The van der Waals surface area contributed by atoms with E-state index in [-0.39, 0.29) is 18.4 Å². The minimum absolute atomic E-state index is 0.00890. The van der Waals surface area contributed by atoms with E-state index in [1.54, 1.807) is 53.4 Å². The number of hydrogen-bond donors (Lipinski definition) is 2. The molecule has 0 aliphatic rings. The van der Waals surface area contributed by atoms with Crippen molar-refractivity contribution >= 4 is 23.2 Å². The summed E-state index contributed by atoms with van der Waals surface area (Å²) in [6.45, 7) is 9.03. The van der Waals surface area contributed by atoms with Gasteiger partial charge in [0.25, 0.3) is 5.91 Å². The molecule has 0 aliphatic heterocycles. The predicted molar refractivity (Wildman–Crippen MR) is 119 cm³/mol. The molecule has 0 atom stereocenters. The maximum atomic E-state index is 12.3. The van der Waals surface area contributed by atoms with Gasteiger partial charge in [-0.15, -0.1) is 0 Å². The number of ether oxygens (including phenoxy) is 2. The molecule has 0 aromatic heterocycles. The van der Waals surface area contributed by atoms with Crippen LogP contribution in [0.15, 0.2) is 48.5 Å². The van der Waals surface area contributed by atoms with Gasteiger partial charge in [0.2, 0.25) is 5.91 Å². The molecule has 7 heteroatoms. The summed E-state index contributed by atoms with van der Waals surface area (Å²) >= 11 is 0. The van der Waals surface area contributed by atoms with E-state index in [2.05, 4.69) is 10.6 Å². The molecule has 0 spiro atoms. The highest BCUT2D eigenvalue weighted by Crippen LogP contribution is 2.16. The monoisotopic (exact) mass is 413 g/mol. The van der Waals surface area contributed by atoms with Crippen molar-refractivity contribution in [2.75, 3.05) is 50.1 Å². The third-order valence-electron chi connectivity index (χ3n) is 4.47. The van der Waals surface area contributed by atoms with Crippen molar-refractivity contribution in [3.05, 3.63) is 54.1 Å². The molecular weight excluding hydrogens is 382 g/mol. The Morgan fingerprint density at radius 2 is 1.50 bits per heavy atom. The summed E-state index contributed by atoms with van der Waals surface area (Å²) in [4.78, 5) is 26.3. The van der Waals surface area contributed by atoms with Crippen molar-refractivity contribution in [3.8, 4) is 5.75 Å². The zero-order valence-corrected chi connectivity index (χ0v) is 17.9. The van der Waals surface area contributed by atoms with Crippen LogP contribution in [0, 0.1) is 0 Å². The summed E-state index contributed by atoms with van der Waals surface area (Å²) < 4.78 is 10.8. The molecule has 30 heavy (non-hydrogen) atoms. The Hall–Kier alpha value is -3.06. The van der Waals surface area contributed by atoms with Crippen LogP contribution in [0.3, 0.4) is 0 Å². The van der Waals surface area contributed by atoms with Gasteiger partial charge in [-0.05, 0) is 69.3 Å². The first-order valence-electron chi connectivity index (χ1n) is 10.3. The van der Waals surface area contributed by atoms with Crippen LogP contribution in [0.5, 0.6) is 5.75 Å². The van der Waals surface area contributed by atoms with E-state index in [1.165, 1.54) is 0 Å². The molecule has 2 aromatic rings. The first-order valence-corrected chi connectivity index (χ1v) is 10.3. The lowest BCUT2D eigenvalue weighted by molar-refractivity contribution is -0.114. The lowest BCUT2D eigenvalue weighted by Crippen LogP contribution is -2.30. The standard InChI is InChI=1S/C23H31N3O4/c1-4-26(5-2)23(28)18-7-9-19(10-8-18)24-17-22(27)25-20-11-13-21(14-12-20)30-16-15-29-6-3/h7-14,24H,4-6,15-17H2,1-3H3,(H,25,27). The minimum atomic E-state index is -0.164. The number of hydrogen-bond acceptors (Lipinski definition) is 5. The Morgan fingerprint density at radius 3 is 2.10 bits per heavy atom. The number of carbonyl (C=O) groups is 2. The van der Waals surface area contributed by atoms with Crippen molar-refractivity contribution in [2.45, 2.75) is 20.8 Å². The molecule has 0 aliphatic carbocycles. The first kappa shape index (κ1) is 23.2. The van der Waals surface area contributed by atoms with Gasteiger partial charge in [0.1, 0.15) is 12.4 Å². The molecular formula is C23H31N3O4. The SMILES string of the molecule is CCOCCOc1ccc(NC(=O)CNc2ccc(C(=O)N(CC)CC)cc2)cc1. The van der Waals surface area contributed by atoms with Crippen molar-refractivity contribution in [2.24, 2.45) is 0 Å². The zero-order valence-electron chi connectivity index (χ0n) is 17.9. The fourth-order valence-corrected chi connectivity index (χ4v) is 2.81. The quantitative estimate of drug-likeness (QED) is 0.520. The van der Waals surface area contributed by atoms with Crippen LogP contribution in [0.25, 0.3) is 0 Å². The molecule has 0 saturated heterocycles. The second kappa shape index (κ2) is 12.5. The highest BCUT2D eigenvalue weighted by molar-refractivity contribution is 5.95. The molecule has 2 aromatic carbocycles. The summed E-state index contributed by atoms with van der Waals surface area (Å²) in [5.41, 5.74) is 2.11. The van der Waals surface area contributed by atoms with Crippen LogP contribution in [0.2, 0.25) is 0 Å². The largest absolute Gasteiger partial charge is 0.491 e. The summed E-state index contributed by atoms with van der Waals surface area (Å²) in [5, 5.41) is 5.90. The highest BCUT2D eigenvalue weighted by atomic mass is 16.5. The summed E-state index contributed by atoms with van der Waals surface area (Å²) in [6.07, 6.45) is 0. The maximum Gasteiger partial charge on any atom is 0.253 e. The molecule has 0 fully saturated rings. The molecule has 162 valence electrons. The van der Waals surface area contributed by atoms with Crippen molar-refractivity contribution < 1.29 is 19.1 Å². The lowest BCUT2D eigenvalue weighted by atomic mass is 10.1. The molecule has 7 nitrogen and oxygen atoms in total. The Kier molecular flexibility index (Phi) is 9.67. The minimum Gasteiger partial charge on any atom is -0.491 e. The first-order chi connectivity index (χ1) is 14.6. The molecule has 0 saturated carbocycles. The highest BCUT2D eigenvalue weighted by Gasteiger charge is 2.12. The Labute approximate surface area is 178 Å². The third kappa shape index (κ3) is 7.40. The van der Waals surface area contributed by atoms with Crippen LogP contribution in [-0.2, 0) is 9.53 Å². The molecule has 0 heterocycles. The molecule has 0 unspecified atom stereocenters. The fourth-order valence-electron chi connectivity index (χ4n) is 2.81. The van der Waals surface area contributed by atoms with Crippen LogP contribution in [0.4, 0.5) is 11.4 Å². The lowest BCUT2D eigenvalue weighted by Gasteiger charge is -2.18. The third-order valence-corrected chi connectivity index (χ3v) is 4.47. The summed E-state index contributed by atoms with van der Waals surface area (Å²) in [7, 11) is 0. The molecule has 0 bridgehead atoms. The second-order valence-electron chi connectivity index (χ2n) is 6.53. The van der Waals surface area contributed by atoms with Gasteiger partial charge in [-0.3, -0.25) is 9.59 Å². The normalized spacial score (nSPS) is 10.4. The van der Waals surface area contributed by atoms with Gasteiger partial charge < -0.3 is 25.0 Å². The van der Waals surface area contributed by atoms with Gasteiger partial charge >= 0.3 is 0 Å². The van der Waals surface area contributed by atoms with Crippen molar-refractivity contribution in [1.29, 1.82) is 0 Å². The van der Waals surface area contributed by atoms with Crippen LogP contribution in [-0.4, -0.2) is 56.2 Å². The molecule has 2 amide bonds. The Bertz CT molecular complexity index is 787. The van der Waals surface area contributed by atoms with Gasteiger partial charge in [-0.25, -0.2) is 0 Å². The number of amides is 2. The van der Waals surface area contributed by atoms with E-state index < -0.39 is 0 Å². The van der Waals surface area contributed by atoms with Gasteiger partial charge in [0, 0.05) is 36.6 Å². The number of anilines is 2. The number of nitrogens with one attached hydrogen (secondary N) is 2. The number of carbonyl (C=O) groups excluding carboxylic acids is 2. The van der Waals surface area contributed by atoms with Gasteiger partial charge in [-0.1, -0.05) is 0 Å². The van der Waals surface area contributed by atoms with Crippen LogP contribution >= 0.6 is 0 Å². The summed E-state index contributed by atoms with van der Waals surface area (Å²) in [5.74, 6) is 0.572. The fraction of sp³-hybridized carbons (Fsp3) is 0.391. The zero-order chi connectivity index (χ0) is 21.8. The van der Waals surface area contributed by atoms with Crippen LogP contribution < -0.4 is 15.4 Å². The second-order valence-corrected chi connectivity index (χ2v) is 6.53. The number of rotatable bonds is 12. The number of benzene rings is 2. The Balaban J connectivity index is 1.78. The average molecular weight is 414 g/mol. The Morgan fingerprint density at radius 1 is 0.867 bits per heavy atom. The van der Waals surface area contributed by atoms with E-state index in [1.807, 2.05) is 20.8 Å². The van der Waals surface area contributed by atoms with Gasteiger partial charge in [-0.2, -0.15) is 0 Å². The van der Waals surface area contributed by atoms with E-state index in [0.29, 0.717) is 44.2 Å². The topological polar surface area (TPSA) is 79.9 Å². The molecule has 2 rings (SSSR count). The smallest absolute Gasteiger partial charge is 0.253 e. The predicted octanol–water partition coefficient (Wildman–Crippen LogP) is 3.63. The average Bonchev–Trinajstić information content (AvgIpc) is 2.77. The van der Waals surface area contributed by atoms with E-state index in [9.17, 15) is 9.59 Å². The van der Waals surface area contributed by atoms with E-state index in [4.69, 9.17) is 9.47 Å². The molecule has 2 N–H and O–H groups in total. The van der Waals surface area contributed by atoms with Crippen molar-refractivity contribution in [1.82, 2.24) is 4.90 Å². The van der Waals surface area contributed by atoms with Crippen LogP contribution in [0.1, 0.15) is 31.1 Å². The van der Waals surface area contributed by atoms with Gasteiger partial charge in [0.05, 0.1) is 13.2 Å². The van der Waals surface area contributed by atoms with E-state index in [0.717, 1.165) is 11.4 Å². The maximum absolute atomic E-state index is 12.3. The van der Waals surface area contributed by atoms with Crippen molar-refractivity contribution in [3.63, 3.8) is 0 Å². The van der Waals surface area contributed by atoms with E-state index >= 15 is 0 Å². The van der Waals surface area contributed by atoms with Gasteiger partial charge in [0.15, 0.2) is 0 Å². The summed E-state index contributed by atoms with van der Waals surface area (Å²) in [6, 6.07) is 14.3.